The van der Waals surface area contributed by atoms with Crippen LogP contribution < -0.4 is 5.32 Å². The van der Waals surface area contributed by atoms with E-state index in [2.05, 4.69) is 22.1 Å². The van der Waals surface area contributed by atoms with Crippen LogP contribution in [0.25, 0.3) is 10.9 Å². The zero-order chi connectivity index (χ0) is 18.5. The first-order chi connectivity index (χ1) is 12.4. The number of carbonyl (C=O) groups is 2. The van der Waals surface area contributed by atoms with Crippen LogP contribution in [-0.2, 0) is 4.79 Å². The highest BCUT2D eigenvalue weighted by Crippen LogP contribution is 2.47. The van der Waals surface area contributed by atoms with E-state index in [0.717, 1.165) is 32.1 Å². The maximum Gasteiger partial charge on any atom is 0.353 e. The summed E-state index contributed by atoms with van der Waals surface area (Å²) < 4.78 is 0. The van der Waals surface area contributed by atoms with Gasteiger partial charge < -0.3 is 15.4 Å². The Balaban J connectivity index is 1.69. The first kappa shape index (κ1) is 17.3. The number of rotatable bonds is 2. The fourth-order valence-corrected chi connectivity index (χ4v) is 4.88. The lowest BCUT2D eigenvalue weighted by Crippen LogP contribution is -2.44. The highest BCUT2D eigenvalue weighted by molar-refractivity contribution is 6.39. The van der Waals surface area contributed by atoms with Crippen molar-refractivity contribution in [3.8, 4) is 11.8 Å². The van der Waals surface area contributed by atoms with Crippen molar-refractivity contribution in [3.05, 3.63) is 33.4 Å². The molecule has 2 aliphatic rings. The van der Waals surface area contributed by atoms with Crippen LogP contribution >= 0.6 is 23.2 Å². The summed E-state index contributed by atoms with van der Waals surface area (Å²) in [6, 6.07) is 3.10. The number of benzene rings is 1. The van der Waals surface area contributed by atoms with Crippen LogP contribution in [0.3, 0.4) is 0 Å². The number of amides is 1. The third-order valence-corrected chi connectivity index (χ3v) is 5.97. The molecule has 2 fully saturated rings. The number of halogens is 2. The molecule has 7 heteroatoms. The van der Waals surface area contributed by atoms with Gasteiger partial charge in [-0.2, -0.15) is 0 Å². The van der Waals surface area contributed by atoms with E-state index in [0.29, 0.717) is 21.8 Å². The summed E-state index contributed by atoms with van der Waals surface area (Å²) in [6.45, 7) is 0. The molecule has 5 nitrogen and oxygen atoms in total. The normalized spacial score (nSPS) is 23.7. The van der Waals surface area contributed by atoms with Gasteiger partial charge in [-0.05, 0) is 50.2 Å². The van der Waals surface area contributed by atoms with Crippen LogP contribution in [0.2, 0.25) is 10.0 Å². The largest absolute Gasteiger partial charge is 0.477 e. The Morgan fingerprint density at radius 2 is 2.00 bits per heavy atom. The summed E-state index contributed by atoms with van der Waals surface area (Å²) in [4.78, 5) is 26.6. The van der Waals surface area contributed by atoms with E-state index in [4.69, 9.17) is 23.2 Å². The van der Waals surface area contributed by atoms with Gasteiger partial charge in [-0.1, -0.05) is 29.1 Å². The molecule has 0 saturated heterocycles. The number of carboxylic acids is 1. The summed E-state index contributed by atoms with van der Waals surface area (Å²) in [7, 11) is 0. The van der Waals surface area contributed by atoms with Gasteiger partial charge in [0.2, 0.25) is 0 Å². The Kier molecular flexibility index (Phi) is 4.13. The van der Waals surface area contributed by atoms with Crippen molar-refractivity contribution in [2.75, 3.05) is 0 Å². The molecule has 2 aromatic rings. The van der Waals surface area contributed by atoms with Gasteiger partial charge in [0.05, 0.1) is 16.1 Å². The number of carboxylic acid groups (broad SMARTS) is 1. The number of fused-ring (bicyclic) bond motifs is 3. The van der Waals surface area contributed by atoms with E-state index in [-0.39, 0.29) is 27.7 Å². The van der Waals surface area contributed by atoms with Crippen LogP contribution in [0.1, 0.15) is 48.2 Å². The van der Waals surface area contributed by atoms with E-state index in [1.807, 2.05) is 0 Å². The number of aromatic amines is 1. The summed E-state index contributed by atoms with van der Waals surface area (Å²) >= 11 is 12.2. The van der Waals surface area contributed by atoms with E-state index in [1.165, 1.54) is 6.07 Å². The van der Waals surface area contributed by atoms with Gasteiger partial charge in [0.15, 0.2) is 0 Å². The van der Waals surface area contributed by atoms with Gasteiger partial charge in [0, 0.05) is 21.9 Å². The lowest BCUT2D eigenvalue weighted by molar-refractivity contribution is -0.117. The maximum absolute atomic E-state index is 12.3. The van der Waals surface area contributed by atoms with E-state index < -0.39 is 5.97 Å². The fourth-order valence-electron chi connectivity index (χ4n) is 4.29. The highest BCUT2D eigenvalue weighted by Gasteiger charge is 2.45. The number of nitrogens with one attached hydrogen (secondary N) is 2. The third-order valence-electron chi connectivity index (χ3n) is 5.45. The molecule has 1 amide bonds. The van der Waals surface area contributed by atoms with Gasteiger partial charge in [-0.3, -0.25) is 4.79 Å². The Morgan fingerprint density at radius 1 is 1.27 bits per heavy atom. The molecular weight excluding hydrogens is 375 g/mol. The molecule has 26 heavy (non-hydrogen) atoms. The molecule has 0 spiro atoms. The summed E-state index contributed by atoms with van der Waals surface area (Å²) in [5.74, 6) is 4.40. The molecule has 2 bridgehead atoms. The molecule has 1 heterocycles. The van der Waals surface area contributed by atoms with Crippen molar-refractivity contribution in [1.29, 1.82) is 0 Å². The smallest absolute Gasteiger partial charge is 0.353 e. The highest BCUT2D eigenvalue weighted by atomic mass is 35.5. The lowest BCUT2D eigenvalue weighted by atomic mass is 9.94. The minimum atomic E-state index is -1.17. The second-order valence-electron chi connectivity index (χ2n) is 7.12. The molecule has 0 aliphatic heterocycles. The molecule has 134 valence electrons. The van der Waals surface area contributed by atoms with Crippen molar-refractivity contribution < 1.29 is 14.7 Å². The topological polar surface area (TPSA) is 82.2 Å². The van der Waals surface area contributed by atoms with E-state index >= 15 is 0 Å². The van der Waals surface area contributed by atoms with Crippen LogP contribution in [0, 0.1) is 17.8 Å². The molecule has 2 saturated carbocycles. The van der Waals surface area contributed by atoms with Crippen molar-refractivity contribution >= 4 is 46.0 Å². The number of aromatic carboxylic acids is 1. The Bertz CT molecular complexity index is 992. The molecule has 1 aromatic carbocycles. The number of hydrogen-bond donors (Lipinski definition) is 3. The third kappa shape index (κ3) is 2.94. The van der Waals surface area contributed by atoms with E-state index in [1.54, 1.807) is 6.07 Å². The number of H-pyrrole nitrogens is 1. The molecule has 2 aliphatic carbocycles. The van der Waals surface area contributed by atoms with Crippen LogP contribution in [0.5, 0.6) is 0 Å². The number of hydrogen-bond acceptors (Lipinski definition) is 2. The maximum atomic E-state index is 12.3. The van der Waals surface area contributed by atoms with Crippen LogP contribution in [-0.4, -0.2) is 27.5 Å². The Labute approximate surface area is 160 Å². The minimum Gasteiger partial charge on any atom is -0.477 e. The standard InChI is InChI=1S/C19H16Cl2N2O3/c20-11-7-13(21)16-12(17(18(25)26)22-14(16)8-11)1-2-15(24)23-19-5-3-10(9-19)4-6-19/h7-8,10,22H,3-6,9H2,(H,23,24)(H,25,26). The van der Waals surface area contributed by atoms with Crippen LogP contribution in [0.15, 0.2) is 12.1 Å². The minimum absolute atomic E-state index is 0.107. The van der Waals surface area contributed by atoms with E-state index in [9.17, 15) is 14.7 Å². The first-order valence-electron chi connectivity index (χ1n) is 8.45. The average Bonchev–Trinajstić information content (AvgIpc) is 3.24. The van der Waals surface area contributed by atoms with Crippen molar-refractivity contribution in [1.82, 2.24) is 10.3 Å². The van der Waals surface area contributed by atoms with Gasteiger partial charge in [0.1, 0.15) is 5.69 Å². The SMILES string of the molecule is O=C(C#Cc1c(C(=O)O)[nH]c2cc(Cl)cc(Cl)c12)NC12CCC(CC1)C2. The van der Waals surface area contributed by atoms with Crippen molar-refractivity contribution in [3.63, 3.8) is 0 Å². The molecular formula is C19H16Cl2N2O3. The molecule has 4 rings (SSSR count). The first-order valence-corrected chi connectivity index (χ1v) is 9.21. The zero-order valence-electron chi connectivity index (χ0n) is 13.8. The van der Waals surface area contributed by atoms with Crippen LogP contribution in [0.4, 0.5) is 0 Å². The number of carbonyl (C=O) groups excluding carboxylic acids is 1. The monoisotopic (exact) mass is 390 g/mol. The summed E-state index contributed by atoms with van der Waals surface area (Å²) in [5, 5.41) is 13.6. The predicted octanol–water partition coefficient (Wildman–Crippen LogP) is 3.97. The fraction of sp³-hybridized carbons (Fsp3) is 0.368. The second-order valence-corrected chi connectivity index (χ2v) is 7.97. The predicted molar refractivity (Wildman–Crippen MR) is 99.6 cm³/mol. The zero-order valence-corrected chi connectivity index (χ0v) is 15.3. The lowest BCUT2D eigenvalue weighted by Gasteiger charge is -2.26. The summed E-state index contributed by atoms with van der Waals surface area (Å²) in [6.07, 6.45) is 5.29. The van der Waals surface area contributed by atoms with Crippen molar-refractivity contribution in [2.45, 2.75) is 37.6 Å². The van der Waals surface area contributed by atoms with Gasteiger partial charge >= 0.3 is 5.97 Å². The summed E-state index contributed by atoms with van der Waals surface area (Å²) in [5.41, 5.74) is 0.428. The average molecular weight is 391 g/mol. The molecule has 0 unspecified atom stereocenters. The van der Waals surface area contributed by atoms with Gasteiger partial charge in [0.25, 0.3) is 5.91 Å². The van der Waals surface area contributed by atoms with Gasteiger partial charge in [-0.15, -0.1) is 0 Å². The Morgan fingerprint density at radius 3 is 2.62 bits per heavy atom. The molecule has 3 N–H and O–H groups in total. The molecule has 0 radical (unpaired) electrons. The Hall–Kier alpha value is -2.16. The number of aromatic nitrogens is 1. The quantitative estimate of drug-likeness (QED) is 0.678. The second kappa shape index (κ2) is 6.22. The molecule has 1 aromatic heterocycles. The van der Waals surface area contributed by atoms with Crippen molar-refractivity contribution in [2.24, 2.45) is 5.92 Å². The molecule has 0 atom stereocenters. The van der Waals surface area contributed by atoms with Gasteiger partial charge in [-0.25, -0.2) is 4.79 Å².